The molecule has 0 heterocycles. The topological polar surface area (TPSA) is 49.4 Å². The van der Waals surface area contributed by atoms with Gasteiger partial charge in [-0.2, -0.15) is 11.8 Å². The van der Waals surface area contributed by atoms with E-state index in [1.54, 1.807) is 50.1 Å². The van der Waals surface area contributed by atoms with Crippen LogP contribution in [0.1, 0.15) is 16.8 Å². The number of carbonyl (C=O) groups excluding carboxylic acids is 2. The van der Waals surface area contributed by atoms with Gasteiger partial charge in [0.15, 0.2) is 0 Å². The molecule has 0 bridgehead atoms. The van der Waals surface area contributed by atoms with Gasteiger partial charge in [0.2, 0.25) is 5.91 Å². The number of nitrogens with one attached hydrogen (secondary N) is 1. The van der Waals surface area contributed by atoms with Crippen molar-refractivity contribution in [2.24, 2.45) is 0 Å². The van der Waals surface area contributed by atoms with Gasteiger partial charge in [0, 0.05) is 37.5 Å². The lowest BCUT2D eigenvalue weighted by Crippen LogP contribution is -2.21. The predicted octanol–water partition coefficient (Wildman–Crippen LogP) is 2.08. The van der Waals surface area contributed by atoms with Crippen LogP contribution in [0.4, 0.5) is 5.69 Å². The molecular formula is C13H18N2O2S. The molecule has 98 valence electrons. The molecule has 1 aromatic carbocycles. The van der Waals surface area contributed by atoms with Crippen LogP contribution in [0, 0.1) is 0 Å². The second-order valence-electron chi connectivity index (χ2n) is 4.07. The number of nitrogens with zero attached hydrogens (tertiary/aromatic N) is 1. The average Bonchev–Trinajstić information content (AvgIpc) is 2.36. The number of hydrogen-bond acceptors (Lipinski definition) is 3. The van der Waals surface area contributed by atoms with E-state index < -0.39 is 0 Å². The Hall–Kier alpha value is -1.49. The van der Waals surface area contributed by atoms with Crippen molar-refractivity contribution in [3.05, 3.63) is 29.8 Å². The van der Waals surface area contributed by atoms with Gasteiger partial charge >= 0.3 is 0 Å². The summed E-state index contributed by atoms with van der Waals surface area (Å²) >= 11 is 1.64. The first kappa shape index (κ1) is 14.6. The van der Waals surface area contributed by atoms with Crippen molar-refractivity contribution >= 4 is 29.3 Å². The summed E-state index contributed by atoms with van der Waals surface area (Å²) in [5, 5.41) is 2.79. The molecule has 0 aliphatic carbocycles. The predicted molar refractivity (Wildman–Crippen MR) is 76.1 cm³/mol. The minimum Gasteiger partial charge on any atom is -0.345 e. The van der Waals surface area contributed by atoms with Crippen molar-refractivity contribution in [2.45, 2.75) is 6.42 Å². The number of thioether (sulfide) groups is 1. The van der Waals surface area contributed by atoms with Crippen LogP contribution < -0.4 is 5.32 Å². The van der Waals surface area contributed by atoms with Crippen molar-refractivity contribution in [3.63, 3.8) is 0 Å². The molecule has 0 fully saturated rings. The summed E-state index contributed by atoms with van der Waals surface area (Å²) in [5.74, 6) is 0.759. The Labute approximate surface area is 112 Å². The van der Waals surface area contributed by atoms with E-state index in [4.69, 9.17) is 0 Å². The zero-order valence-corrected chi connectivity index (χ0v) is 11.7. The van der Waals surface area contributed by atoms with Crippen LogP contribution in [0.5, 0.6) is 0 Å². The Bertz CT molecular complexity index is 416. The maximum atomic E-state index is 11.7. The van der Waals surface area contributed by atoms with E-state index in [2.05, 4.69) is 5.32 Å². The zero-order valence-electron chi connectivity index (χ0n) is 10.9. The fraction of sp³-hybridized carbons (Fsp3) is 0.385. The summed E-state index contributed by atoms with van der Waals surface area (Å²) in [5.41, 5.74) is 1.33. The maximum Gasteiger partial charge on any atom is 0.253 e. The first-order chi connectivity index (χ1) is 8.54. The molecule has 0 saturated heterocycles. The van der Waals surface area contributed by atoms with Gasteiger partial charge in [0.25, 0.3) is 5.91 Å². The van der Waals surface area contributed by atoms with Crippen molar-refractivity contribution in [2.75, 3.05) is 31.4 Å². The molecule has 0 aliphatic heterocycles. The fourth-order valence-electron chi connectivity index (χ4n) is 1.37. The molecule has 0 atom stereocenters. The molecule has 0 aliphatic rings. The van der Waals surface area contributed by atoms with Gasteiger partial charge in [-0.15, -0.1) is 0 Å². The molecular weight excluding hydrogens is 248 g/mol. The van der Waals surface area contributed by atoms with Gasteiger partial charge < -0.3 is 10.2 Å². The minimum atomic E-state index is -0.0461. The lowest BCUT2D eigenvalue weighted by atomic mass is 10.2. The highest BCUT2D eigenvalue weighted by Gasteiger charge is 2.07. The van der Waals surface area contributed by atoms with Crippen molar-refractivity contribution < 1.29 is 9.59 Å². The van der Waals surface area contributed by atoms with E-state index in [0.717, 1.165) is 11.4 Å². The van der Waals surface area contributed by atoms with E-state index in [-0.39, 0.29) is 11.8 Å². The molecule has 1 aromatic rings. The monoisotopic (exact) mass is 266 g/mol. The number of amides is 2. The first-order valence-corrected chi connectivity index (χ1v) is 7.04. The van der Waals surface area contributed by atoms with Crippen LogP contribution in [0.2, 0.25) is 0 Å². The molecule has 0 radical (unpaired) electrons. The molecule has 5 heteroatoms. The summed E-state index contributed by atoms with van der Waals surface area (Å²) in [4.78, 5) is 24.7. The van der Waals surface area contributed by atoms with Crippen LogP contribution >= 0.6 is 11.8 Å². The smallest absolute Gasteiger partial charge is 0.253 e. The summed E-state index contributed by atoms with van der Waals surface area (Å²) in [6.45, 7) is 0. The van der Waals surface area contributed by atoms with E-state index >= 15 is 0 Å². The number of hydrogen-bond donors (Lipinski definition) is 1. The molecule has 0 spiro atoms. The maximum absolute atomic E-state index is 11.7. The number of benzene rings is 1. The lowest BCUT2D eigenvalue weighted by molar-refractivity contribution is -0.115. The standard InChI is InChI=1S/C13H18N2O2S/c1-15(2)13(17)10-4-6-11(7-5-10)14-12(16)8-9-18-3/h4-7H,8-9H2,1-3H3,(H,14,16). The number of rotatable bonds is 5. The zero-order chi connectivity index (χ0) is 13.5. The molecule has 18 heavy (non-hydrogen) atoms. The second kappa shape index (κ2) is 7.06. The summed E-state index contributed by atoms with van der Waals surface area (Å²) < 4.78 is 0. The Morgan fingerprint density at radius 3 is 2.33 bits per heavy atom. The van der Waals surface area contributed by atoms with Crippen LogP contribution in [-0.2, 0) is 4.79 Å². The van der Waals surface area contributed by atoms with Crippen LogP contribution in [0.3, 0.4) is 0 Å². The van der Waals surface area contributed by atoms with E-state index in [1.807, 2.05) is 6.26 Å². The van der Waals surface area contributed by atoms with Gasteiger partial charge in [-0.1, -0.05) is 0 Å². The highest BCUT2D eigenvalue weighted by Crippen LogP contribution is 2.11. The van der Waals surface area contributed by atoms with Gasteiger partial charge in [-0.3, -0.25) is 9.59 Å². The summed E-state index contributed by atoms with van der Waals surface area (Å²) in [7, 11) is 3.42. The van der Waals surface area contributed by atoms with Crippen molar-refractivity contribution in [3.8, 4) is 0 Å². The van der Waals surface area contributed by atoms with Gasteiger partial charge in [0.1, 0.15) is 0 Å². The largest absolute Gasteiger partial charge is 0.345 e. The van der Waals surface area contributed by atoms with Crippen LogP contribution in [0.25, 0.3) is 0 Å². The molecule has 2 amide bonds. The van der Waals surface area contributed by atoms with E-state index in [9.17, 15) is 9.59 Å². The van der Waals surface area contributed by atoms with E-state index in [1.165, 1.54) is 4.90 Å². The number of anilines is 1. The Morgan fingerprint density at radius 1 is 1.22 bits per heavy atom. The SMILES string of the molecule is CSCCC(=O)Nc1ccc(C(=O)N(C)C)cc1. The second-order valence-corrected chi connectivity index (χ2v) is 5.05. The summed E-state index contributed by atoms with van der Waals surface area (Å²) in [6, 6.07) is 6.92. The number of carbonyl (C=O) groups is 2. The Balaban J connectivity index is 2.60. The van der Waals surface area contributed by atoms with Crippen LogP contribution in [0.15, 0.2) is 24.3 Å². The highest BCUT2D eigenvalue weighted by atomic mass is 32.2. The molecule has 1 N–H and O–H groups in total. The molecule has 4 nitrogen and oxygen atoms in total. The quantitative estimate of drug-likeness (QED) is 0.887. The van der Waals surface area contributed by atoms with E-state index in [0.29, 0.717) is 12.0 Å². The van der Waals surface area contributed by atoms with Gasteiger partial charge in [-0.25, -0.2) is 0 Å². The molecule has 1 rings (SSSR count). The molecule has 0 saturated carbocycles. The van der Waals surface area contributed by atoms with Gasteiger partial charge in [0.05, 0.1) is 0 Å². The average molecular weight is 266 g/mol. The third kappa shape index (κ3) is 4.41. The lowest BCUT2D eigenvalue weighted by Gasteiger charge is -2.10. The Morgan fingerprint density at radius 2 is 1.83 bits per heavy atom. The van der Waals surface area contributed by atoms with Gasteiger partial charge in [-0.05, 0) is 30.5 Å². The normalized spacial score (nSPS) is 9.94. The summed E-state index contributed by atoms with van der Waals surface area (Å²) in [6.07, 6.45) is 2.47. The minimum absolute atomic E-state index is 0.00367. The Kier molecular flexibility index (Phi) is 5.71. The highest BCUT2D eigenvalue weighted by molar-refractivity contribution is 7.98. The van der Waals surface area contributed by atoms with Crippen LogP contribution in [-0.4, -0.2) is 42.8 Å². The third-order valence-electron chi connectivity index (χ3n) is 2.36. The fourth-order valence-corrected chi connectivity index (χ4v) is 1.76. The van der Waals surface area contributed by atoms with Crippen molar-refractivity contribution in [1.29, 1.82) is 0 Å². The third-order valence-corrected chi connectivity index (χ3v) is 2.97. The first-order valence-electron chi connectivity index (χ1n) is 5.65. The molecule has 0 unspecified atom stereocenters. The molecule has 0 aromatic heterocycles. The van der Waals surface area contributed by atoms with Crippen molar-refractivity contribution in [1.82, 2.24) is 4.90 Å².